The minimum Gasteiger partial charge on any atom is -0.358 e. The molecule has 1 heterocycles. The van der Waals surface area contributed by atoms with Gasteiger partial charge in [0.2, 0.25) is 0 Å². The number of nitrogens with one attached hydrogen (secondary N) is 1. The van der Waals surface area contributed by atoms with Crippen LogP contribution in [0.25, 0.3) is 0 Å². The molecule has 2 aromatic carbocycles. The predicted molar refractivity (Wildman–Crippen MR) is 91.3 cm³/mol. The second kappa shape index (κ2) is 6.72. The maximum atomic E-state index is 5.53. The zero-order valence-corrected chi connectivity index (χ0v) is 12.9. The Balaban J connectivity index is 1.53. The summed E-state index contributed by atoms with van der Waals surface area (Å²) in [4.78, 5) is 2.29. The summed E-state index contributed by atoms with van der Waals surface area (Å²) in [5.74, 6) is 0.600. The van der Waals surface area contributed by atoms with E-state index in [-0.39, 0.29) is 0 Å². The third-order valence-electron chi connectivity index (χ3n) is 4.03. The van der Waals surface area contributed by atoms with Crippen molar-refractivity contribution in [1.29, 1.82) is 0 Å². The SMILES string of the molecule is S=C(NCc1ccccc1)N1CCC(c2ccccc2)C1. The molecule has 1 saturated heterocycles. The van der Waals surface area contributed by atoms with Crippen LogP contribution >= 0.6 is 12.2 Å². The predicted octanol–water partition coefficient (Wildman–Crippen LogP) is 3.55. The molecule has 0 aromatic heterocycles. The highest BCUT2D eigenvalue weighted by molar-refractivity contribution is 7.80. The molecule has 21 heavy (non-hydrogen) atoms. The van der Waals surface area contributed by atoms with Crippen LogP contribution < -0.4 is 5.32 Å². The second-order valence-corrected chi connectivity index (χ2v) is 5.87. The molecule has 0 saturated carbocycles. The standard InChI is InChI=1S/C18H20N2S/c21-18(19-13-15-7-3-1-4-8-15)20-12-11-17(14-20)16-9-5-2-6-10-16/h1-10,17H,11-14H2,(H,19,21). The lowest BCUT2D eigenvalue weighted by atomic mass is 9.99. The fourth-order valence-corrected chi connectivity index (χ4v) is 3.07. The Morgan fingerprint density at radius 3 is 2.43 bits per heavy atom. The molecule has 3 heteroatoms. The zero-order valence-electron chi connectivity index (χ0n) is 12.0. The van der Waals surface area contributed by atoms with Crippen LogP contribution in [0.3, 0.4) is 0 Å². The lowest BCUT2D eigenvalue weighted by Gasteiger charge is -2.20. The molecule has 0 aliphatic carbocycles. The van der Waals surface area contributed by atoms with Crippen molar-refractivity contribution in [3.05, 3.63) is 71.8 Å². The number of thiocarbonyl (C=S) groups is 1. The number of likely N-dealkylation sites (tertiary alicyclic amines) is 1. The van der Waals surface area contributed by atoms with Gasteiger partial charge >= 0.3 is 0 Å². The first-order valence-electron chi connectivity index (χ1n) is 7.44. The van der Waals surface area contributed by atoms with Crippen LogP contribution in [0.5, 0.6) is 0 Å². The summed E-state index contributed by atoms with van der Waals surface area (Å²) in [6.07, 6.45) is 1.18. The third kappa shape index (κ3) is 3.61. The van der Waals surface area contributed by atoms with Gasteiger partial charge in [-0.15, -0.1) is 0 Å². The van der Waals surface area contributed by atoms with Crippen molar-refractivity contribution in [3.8, 4) is 0 Å². The van der Waals surface area contributed by atoms with Gasteiger partial charge in [-0.3, -0.25) is 0 Å². The van der Waals surface area contributed by atoms with Gasteiger partial charge < -0.3 is 10.2 Å². The first-order chi connectivity index (χ1) is 10.3. The van der Waals surface area contributed by atoms with E-state index < -0.39 is 0 Å². The van der Waals surface area contributed by atoms with Crippen molar-refractivity contribution < 1.29 is 0 Å². The van der Waals surface area contributed by atoms with E-state index in [0.29, 0.717) is 5.92 Å². The van der Waals surface area contributed by atoms with E-state index in [2.05, 4.69) is 64.8 Å². The molecule has 1 fully saturated rings. The minimum atomic E-state index is 0.600. The van der Waals surface area contributed by atoms with Crippen LogP contribution in [0.15, 0.2) is 60.7 Å². The maximum Gasteiger partial charge on any atom is 0.169 e. The number of hydrogen-bond acceptors (Lipinski definition) is 1. The Kier molecular flexibility index (Phi) is 4.51. The highest BCUT2D eigenvalue weighted by atomic mass is 32.1. The Labute approximate surface area is 131 Å². The van der Waals surface area contributed by atoms with E-state index in [4.69, 9.17) is 12.2 Å². The van der Waals surface area contributed by atoms with Crippen molar-refractivity contribution in [3.63, 3.8) is 0 Å². The van der Waals surface area contributed by atoms with Gasteiger partial charge in [0.05, 0.1) is 0 Å². The van der Waals surface area contributed by atoms with Gasteiger partial charge in [-0.05, 0) is 29.8 Å². The van der Waals surface area contributed by atoms with Crippen molar-refractivity contribution >= 4 is 17.3 Å². The molecule has 2 nitrogen and oxygen atoms in total. The molecule has 1 atom stereocenters. The van der Waals surface area contributed by atoms with E-state index >= 15 is 0 Å². The van der Waals surface area contributed by atoms with Gasteiger partial charge in [0.25, 0.3) is 0 Å². The number of rotatable bonds is 3. The molecule has 1 unspecified atom stereocenters. The fourth-order valence-electron chi connectivity index (χ4n) is 2.83. The topological polar surface area (TPSA) is 15.3 Å². The number of benzene rings is 2. The minimum absolute atomic E-state index is 0.600. The van der Waals surface area contributed by atoms with E-state index in [1.54, 1.807) is 0 Å². The Hall–Kier alpha value is -1.87. The molecule has 2 aromatic rings. The van der Waals surface area contributed by atoms with Crippen LogP contribution in [0.4, 0.5) is 0 Å². The molecule has 0 spiro atoms. The first kappa shape index (κ1) is 14.1. The molecular weight excluding hydrogens is 276 g/mol. The second-order valence-electron chi connectivity index (χ2n) is 5.49. The van der Waals surface area contributed by atoms with Crippen LogP contribution in [-0.4, -0.2) is 23.1 Å². The van der Waals surface area contributed by atoms with Crippen molar-refractivity contribution in [2.45, 2.75) is 18.9 Å². The lowest BCUT2D eigenvalue weighted by molar-refractivity contribution is 0.498. The summed E-state index contributed by atoms with van der Waals surface area (Å²) in [5, 5.41) is 4.24. The van der Waals surface area contributed by atoms with Crippen molar-refractivity contribution in [1.82, 2.24) is 10.2 Å². The monoisotopic (exact) mass is 296 g/mol. The molecule has 3 rings (SSSR count). The third-order valence-corrected chi connectivity index (χ3v) is 4.44. The smallest absolute Gasteiger partial charge is 0.169 e. The van der Waals surface area contributed by atoms with E-state index in [0.717, 1.165) is 24.7 Å². The average Bonchev–Trinajstić information content (AvgIpc) is 3.04. The van der Waals surface area contributed by atoms with Gasteiger partial charge in [0, 0.05) is 25.6 Å². The molecule has 0 bridgehead atoms. The summed E-state index contributed by atoms with van der Waals surface area (Å²) in [7, 11) is 0. The molecule has 108 valence electrons. The fraction of sp³-hybridized carbons (Fsp3) is 0.278. The van der Waals surface area contributed by atoms with Gasteiger partial charge in [-0.25, -0.2) is 0 Å². The van der Waals surface area contributed by atoms with E-state index in [1.807, 2.05) is 6.07 Å². The number of hydrogen-bond donors (Lipinski definition) is 1. The Morgan fingerprint density at radius 1 is 1.05 bits per heavy atom. The molecule has 0 radical (unpaired) electrons. The first-order valence-corrected chi connectivity index (χ1v) is 7.85. The van der Waals surface area contributed by atoms with Crippen molar-refractivity contribution in [2.75, 3.05) is 13.1 Å². The molecule has 1 N–H and O–H groups in total. The van der Waals surface area contributed by atoms with Gasteiger partial charge in [-0.2, -0.15) is 0 Å². The quantitative estimate of drug-likeness (QED) is 0.872. The van der Waals surface area contributed by atoms with E-state index in [9.17, 15) is 0 Å². The van der Waals surface area contributed by atoms with Gasteiger partial charge in [-0.1, -0.05) is 60.7 Å². The average molecular weight is 296 g/mol. The molecule has 0 amide bonds. The van der Waals surface area contributed by atoms with Gasteiger partial charge in [0.1, 0.15) is 0 Å². The summed E-state index contributed by atoms with van der Waals surface area (Å²) in [6, 6.07) is 21.1. The van der Waals surface area contributed by atoms with E-state index in [1.165, 1.54) is 17.5 Å². The summed E-state index contributed by atoms with van der Waals surface area (Å²) in [5.41, 5.74) is 2.68. The molecular formula is C18H20N2S. The molecule has 1 aliphatic rings. The van der Waals surface area contributed by atoms with Crippen LogP contribution in [-0.2, 0) is 6.54 Å². The normalized spacial score (nSPS) is 17.7. The van der Waals surface area contributed by atoms with Crippen molar-refractivity contribution in [2.24, 2.45) is 0 Å². The largest absolute Gasteiger partial charge is 0.358 e. The summed E-state index contributed by atoms with van der Waals surface area (Å²) < 4.78 is 0. The maximum absolute atomic E-state index is 5.53. The number of nitrogens with zero attached hydrogens (tertiary/aromatic N) is 1. The summed E-state index contributed by atoms with van der Waals surface area (Å²) in [6.45, 7) is 2.86. The molecule has 1 aliphatic heterocycles. The highest BCUT2D eigenvalue weighted by Crippen LogP contribution is 2.26. The highest BCUT2D eigenvalue weighted by Gasteiger charge is 2.25. The van der Waals surface area contributed by atoms with Crippen LogP contribution in [0.1, 0.15) is 23.5 Å². The summed E-state index contributed by atoms with van der Waals surface area (Å²) >= 11 is 5.53. The zero-order chi connectivity index (χ0) is 14.5. The van der Waals surface area contributed by atoms with Gasteiger partial charge in [0.15, 0.2) is 5.11 Å². The van der Waals surface area contributed by atoms with Crippen LogP contribution in [0.2, 0.25) is 0 Å². The Morgan fingerprint density at radius 2 is 1.71 bits per heavy atom. The Bertz CT molecular complexity index is 583. The lowest BCUT2D eigenvalue weighted by Crippen LogP contribution is -2.37. The van der Waals surface area contributed by atoms with Crippen LogP contribution in [0, 0.1) is 0 Å².